The third-order valence-electron chi connectivity index (χ3n) is 13.5. The molecule has 0 spiro atoms. The zero-order chi connectivity index (χ0) is 66.9. The number of hydrogen-bond donors (Lipinski definition) is 18. The highest BCUT2D eigenvalue weighted by Crippen LogP contribution is 2.14. The number of hydrogen-bond acceptors (Lipinski definition) is 18. The molecule has 0 saturated carbocycles. The van der Waals surface area contributed by atoms with Crippen LogP contribution in [-0.4, -0.2) is 206 Å². The van der Waals surface area contributed by atoms with Crippen molar-refractivity contribution < 1.29 is 97.5 Å². The maximum atomic E-state index is 14.5. The third kappa shape index (κ3) is 29.9. The van der Waals surface area contributed by atoms with E-state index in [1.807, 2.05) is 5.32 Å². The lowest BCUT2D eigenvalue weighted by molar-refractivity contribution is -0.147. The molecule has 1 aromatic carbocycles. The summed E-state index contributed by atoms with van der Waals surface area (Å²) in [7, 11) is 0. The van der Waals surface area contributed by atoms with Crippen LogP contribution in [0.4, 0.5) is 0 Å². The largest absolute Gasteiger partial charge is 0.481 e. The highest BCUT2D eigenvalue weighted by molar-refractivity contribution is 7.98. The molecule has 21 N–H and O–H groups in total. The van der Waals surface area contributed by atoms with E-state index < -0.39 is 213 Å². The van der Waals surface area contributed by atoms with Gasteiger partial charge in [-0.15, -0.1) is 0 Å². The number of rotatable bonds is 43. The second-order valence-corrected chi connectivity index (χ2v) is 22.0. The summed E-state index contributed by atoms with van der Waals surface area (Å²) < 4.78 is 0. The van der Waals surface area contributed by atoms with Gasteiger partial charge in [0.15, 0.2) is 5.96 Å². The van der Waals surface area contributed by atoms with E-state index in [1.165, 1.54) is 25.6 Å². The number of primary amides is 1. The number of carboxylic acids is 5. The third-order valence-corrected chi connectivity index (χ3v) is 14.2. The van der Waals surface area contributed by atoms with Crippen molar-refractivity contribution in [1.82, 2.24) is 53.2 Å². The summed E-state index contributed by atoms with van der Waals surface area (Å²) >= 11 is 1.22. The zero-order valence-electron chi connectivity index (χ0n) is 49.4. The van der Waals surface area contributed by atoms with Gasteiger partial charge in [-0.1, -0.05) is 44.2 Å². The van der Waals surface area contributed by atoms with Crippen LogP contribution < -0.4 is 70.4 Å². The number of carbonyl (C=O) groups excluding carboxylic acids is 10. The van der Waals surface area contributed by atoms with Crippen molar-refractivity contribution in [2.45, 2.75) is 171 Å². The maximum Gasteiger partial charge on any atom is 0.326 e. The fraction of sp³-hybridized carbons (Fsp3) is 0.593. The molecular formula is C54H82N14O20S. The van der Waals surface area contributed by atoms with Crippen molar-refractivity contribution in [3.8, 4) is 0 Å². The van der Waals surface area contributed by atoms with Gasteiger partial charge in [-0.05, 0) is 87.8 Å². The van der Waals surface area contributed by atoms with Crippen LogP contribution in [0.15, 0.2) is 35.3 Å². The van der Waals surface area contributed by atoms with E-state index in [-0.39, 0.29) is 43.9 Å². The van der Waals surface area contributed by atoms with Crippen LogP contribution in [0.5, 0.6) is 0 Å². The lowest BCUT2D eigenvalue weighted by atomic mass is 10.0. The van der Waals surface area contributed by atoms with Gasteiger partial charge in [0.25, 0.3) is 0 Å². The average Bonchev–Trinajstić information content (AvgIpc) is 4.18. The molecule has 1 fully saturated rings. The molecule has 10 atom stereocenters. The average molecular weight is 1280 g/mol. The number of carbonyl (C=O) groups is 15. The normalized spacial score (nSPS) is 15.6. The van der Waals surface area contributed by atoms with E-state index in [4.69, 9.17) is 22.3 Å². The summed E-state index contributed by atoms with van der Waals surface area (Å²) in [6.07, 6.45) is -3.75. The number of nitrogens with one attached hydrogen (secondary N) is 10. The second-order valence-electron chi connectivity index (χ2n) is 21.0. The van der Waals surface area contributed by atoms with Crippen molar-refractivity contribution in [1.29, 1.82) is 0 Å². The first-order valence-corrected chi connectivity index (χ1v) is 29.7. The quantitative estimate of drug-likeness (QED) is 0.0166. The number of guanidine groups is 1. The number of nitrogens with two attached hydrogens (primary N) is 3. The Morgan fingerprint density at radius 2 is 0.944 bits per heavy atom. The van der Waals surface area contributed by atoms with Gasteiger partial charge in [0.05, 0.1) is 12.5 Å². The SMILES string of the molecule is CSCC[C@H](NC(=O)[C@@H](NC(=O)[C@H](CCC(=O)O)NC(=O)[C@H](Cc1ccccc1)NC(=O)[C@H](CCC(=O)O)NC(=O)[C@H](CCC(N)=O)NC(=O)[C@H](CCCN=C(N)N)NC(=O)[C@@H]1CCCN1)C(C)C)C(=O)N[C@@H](CCC(=O)O)C(=O)N[C@@H](CC(=O)O)C(=O)O. The van der Waals surface area contributed by atoms with Crippen molar-refractivity contribution >= 4 is 107 Å². The van der Waals surface area contributed by atoms with Gasteiger partial charge in [0, 0.05) is 38.6 Å². The minimum absolute atomic E-state index is 0.0440. The van der Waals surface area contributed by atoms with Crippen LogP contribution in [0.25, 0.3) is 0 Å². The Morgan fingerprint density at radius 1 is 0.528 bits per heavy atom. The molecule has 0 radical (unpaired) electrons. The molecule has 1 aliphatic heterocycles. The Labute approximate surface area is 515 Å². The number of amides is 10. The molecule has 0 aliphatic carbocycles. The lowest BCUT2D eigenvalue weighted by Crippen LogP contribution is -2.61. The molecule has 34 nitrogen and oxygen atoms in total. The topological polar surface area (TPSA) is 568 Å². The van der Waals surface area contributed by atoms with Crippen molar-refractivity contribution in [2.24, 2.45) is 28.1 Å². The summed E-state index contributed by atoms with van der Waals surface area (Å²) in [4.78, 5) is 200. The molecule has 494 valence electrons. The molecule has 10 amide bonds. The van der Waals surface area contributed by atoms with Crippen molar-refractivity contribution in [3.63, 3.8) is 0 Å². The lowest BCUT2D eigenvalue weighted by Gasteiger charge is -2.29. The fourth-order valence-corrected chi connectivity index (χ4v) is 9.21. The van der Waals surface area contributed by atoms with Crippen LogP contribution >= 0.6 is 11.8 Å². The van der Waals surface area contributed by atoms with Crippen molar-refractivity contribution in [2.75, 3.05) is 25.1 Å². The molecule has 1 aliphatic rings. The van der Waals surface area contributed by atoms with Gasteiger partial charge < -0.3 is 95.9 Å². The molecule has 35 heteroatoms. The summed E-state index contributed by atoms with van der Waals surface area (Å²) in [5, 5.41) is 71.9. The predicted octanol–water partition coefficient (Wildman–Crippen LogP) is -4.77. The van der Waals surface area contributed by atoms with Crippen LogP contribution in [0.1, 0.15) is 109 Å². The van der Waals surface area contributed by atoms with Crippen molar-refractivity contribution in [3.05, 3.63) is 35.9 Å². The highest BCUT2D eigenvalue weighted by Gasteiger charge is 2.37. The number of carboxylic acid groups (broad SMARTS) is 5. The van der Waals surface area contributed by atoms with E-state index in [0.717, 1.165) is 0 Å². The van der Waals surface area contributed by atoms with Crippen LogP contribution in [0.3, 0.4) is 0 Å². The van der Waals surface area contributed by atoms with Crippen LogP contribution in [-0.2, 0) is 78.3 Å². The summed E-state index contributed by atoms with van der Waals surface area (Å²) in [6.45, 7) is 3.53. The van der Waals surface area contributed by atoms with Gasteiger partial charge in [0.2, 0.25) is 59.1 Å². The van der Waals surface area contributed by atoms with E-state index in [9.17, 15) is 92.3 Å². The number of aliphatic carboxylic acids is 5. The maximum absolute atomic E-state index is 14.5. The minimum Gasteiger partial charge on any atom is -0.481 e. The zero-order valence-corrected chi connectivity index (χ0v) is 50.2. The van der Waals surface area contributed by atoms with Gasteiger partial charge in [-0.25, -0.2) is 4.79 Å². The predicted molar refractivity (Wildman–Crippen MR) is 315 cm³/mol. The van der Waals surface area contributed by atoms with E-state index in [0.29, 0.717) is 24.9 Å². The minimum atomic E-state index is -1.99. The molecule has 89 heavy (non-hydrogen) atoms. The van der Waals surface area contributed by atoms with Crippen LogP contribution in [0.2, 0.25) is 0 Å². The first-order valence-electron chi connectivity index (χ1n) is 28.4. The Bertz CT molecular complexity index is 2690. The number of thioether (sulfide) groups is 1. The Hall–Kier alpha value is -9.15. The Balaban J connectivity index is 2.53. The molecule has 1 saturated heterocycles. The fourth-order valence-electron chi connectivity index (χ4n) is 8.74. The van der Waals surface area contributed by atoms with Gasteiger partial charge in [-0.3, -0.25) is 72.1 Å². The molecule has 1 aromatic rings. The summed E-state index contributed by atoms with van der Waals surface area (Å²) in [5.41, 5.74) is 16.7. The van der Waals surface area contributed by atoms with Gasteiger partial charge >= 0.3 is 29.8 Å². The van der Waals surface area contributed by atoms with Gasteiger partial charge in [0.1, 0.15) is 54.4 Å². The molecule has 0 bridgehead atoms. The first-order chi connectivity index (χ1) is 41.9. The Morgan fingerprint density at radius 3 is 1.35 bits per heavy atom. The molecule has 1 heterocycles. The highest BCUT2D eigenvalue weighted by atomic mass is 32.2. The Kier molecular flexibility index (Phi) is 33.8. The monoisotopic (exact) mass is 1280 g/mol. The smallest absolute Gasteiger partial charge is 0.326 e. The molecule has 0 unspecified atom stereocenters. The van der Waals surface area contributed by atoms with E-state index >= 15 is 0 Å². The summed E-state index contributed by atoms with van der Waals surface area (Å²) in [6, 6.07) is -7.83. The summed E-state index contributed by atoms with van der Waals surface area (Å²) in [5.74, 6) is -18.8. The first kappa shape index (κ1) is 75.9. The van der Waals surface area contributed by atoms with E-state index in [2.05, 4.69) is 52.8 Å². The number of benzene rings is 1. The van der Waals surface area contributed by atoms with Crippen LogP contribution in [0, 0.1) is 5.92 Å². The number of nitrogens with zero attached hydrogens (tertiary/aromatic N) is 1. The molecular weight excluding hydrogens is 1200 g/mol. The second kappa shape index (κ2) is 39.6. The standard InChI is InChI=1S/C54H82N14O20S/c1-27(2)43(52(86)65-35(21-24-89-3)49(83)63-33(15-19-40(72)73)48(82)67-37(53(87)88)26-42(76)77)68-50(84)34(16-20-41(74)75)64-51(85)36(25-28-9-5-4-6-10-28)66-47(81)32(14-18-39(70)71)62-46(80)31(13-17-38(55)69)61-45(79)30(12-8-23-59-54(56)57)60-44(78)29-11-7-22-58-29/h4-6,9-10,27,29-37,43,58H,7-8,11-26H2,1-3H3,(H2,55,69)(H,60,78)(H,61,79)(H,62,80)(H,63,83)(H,64,85)(H,65,86)(H,66,81)(H,67,82)(H,68,84)(H,70,71)(H,72,73)(H,74,75)(H,76,77)(H,87,88)(H4,56,57,59)/t29-,30-,31-,32-,33-,34-,35-,36-,37-,43-/m0/s1. The van der Waals surface area contributed by atoms with E-state index in [1.54, 1.807) is 36.6 Å². The molecule has 2 rings (SSSR count). The number of aliphatic imine (C=N–C) groups is 1. The molecule has 0 aromatic heterocycles. The van der Waals surface area contributed by atoms with Gasteiger partial charge in [-0.2, -0.15) is 11.8 Å².